The van der Waals surface area contributed by atoms with E-state index in [0.717, 1.165) is 0 Å². The van der Waals surface area contributed by atoms with Crippen LogP contribution in [0.1, 0.15) is 25.8 Å². The fraction of sp³-hybridized carbons (Fsp3) is 0.400. The van der Waals surface area contributed by atoms with Crippen molar-refractivity contribution in [3.8, 4) is 0 Å². The minimum absolute atomic E-state index is 0.309. The highest BCUT2D eigenvalue weighted by Gasteiger charge is 2.21. The highest BCUT2D eigenvalue weighted by molar-refractivity contribution is 6.30. The van der Waals surface area contributed by atoms with Crippen LogP contribution >= 0.6 is 11.6 Å². The van der Waals surface area contributed by atoms with Crippen LogP contribution in [-0.4, -0.2) is 5.11 Å². The van der Waals surface area contributed by atoms with Crippen molar-refractivity contribution in [1.29, 1.82) is 0 Å². The first-order chi connectivity index (χ1) is 5.95. The van der Waals surface area contributed by atoms with Crippen molar-refractivity contribution in [3.63, 3.8) is 0 Å². The fourth-order valence-electron chi connectivity index (χ4n) is 1.07. The van der Waals surface area contributed by atoms with Gasteiger partial charge < -0.3 is 5.11 Å². The zero-order valence-electron chi connectivity index (χ0n) is 7.64. The van der Waals surface area contributed by atoms with E-state index in [0.29, 0.717) is 17.0 Å². The molecule has 1 rings (SSSR count). The van der Waals surface area contributed by atoms with Crippen LogP contribution in [0.25, 0.3) is 0 Å². The predicted molar refractivity (Wildman–Crippen MR) is 51.3 cm³/mol. The molecule has 0 aromatic heterocycles. The number of benzene rings is 1. The Morgan fingerprint density at radius 3 is 2.54 bits per heavy atom. The molecule has 1 N–H and O–H groups in total. The van der Waals surface area contributed by atoms with Crippen molar-refractivity contribution in [2.75, 3.05) is 0 Å². The lowest BCUT2D eigenvalue weighted by atomic mass is 9.93. The van der Waals surface area contributed by atoms with E-state index in [1.54, 1.807) is 13.0 Å². The molecule has 0 amide bonds. The molecule has 0 saturated heterocycles. The van der Waals surface area contributed by atoms with Crippen molar-refractivity contribution in [1.82, 2.24) is 0 Å². The Labute approximate surface area is 82.2 Å². The molecule has 13 heavy (non-hydrogen) atoms. The van der Waals surface area contributed by atoms with E-state index in [-0.39, 0.29) is 0 Å². The molecular formula is C10H12ClFO. The molecule has 0 bridgehead atoms. The summed E-state index contributed by atoms with van der Waals surface area (Å²) < 4.78 is 12.9. The van der Waals surface area contributed by atoms with E-state index in [1.807, 2.05) is 6.92 Å². The lowest BCUT2D eigenvalue weighted by Gasteiger charge is -2.21. The Morgan fingerprint density at radius 1 is 1.46 bits per heavy atom. The molecule has 0 fully saturated rings. The Hall–Kier alpha value is -0.600. The molecule has 1 nitrogen and oxygen atoms in total. The van der Waals surface area contributed by atoms with Gasteiger partial charge in [0.05, 0.1) is 5.60 Å². The van der Waals surface area contributed by atoms with E-state index in [2.05, 4.69) is 0 Å². The average molecular weight is 203 g/mol. The smallest absolute Gasteiger partial charge is 0.125 e. The molecule has 1 aromatic rings. The minimum atomic E-state index is -1.01. The molecule has 0 heterocycles. The second-order valence-corrected chi connectivity index (χ2v) is 3.72. The summed E-state index contributed by atoms with van der Waals surface area (Å²) in [6.45, 7) is 3.47. The molecule has 0 spiro atoms. The highest BCUT2D eigenvalue weighted by Crippen LogP contribution is 2.27. The monoisotopic (exact) mass is 202 g/mol. The summed E-state index contributed by atoms with van der Waals surface area (Å²) in [4.78, 5) is 0. The van der Waals surface area contributed by atoms with Gasteiger partial charge in [-0.25, -0.2) is 4.39 Å². The van der Waals surface area contributed by atoms with Crippen LogP contribution in [0.2, 0.25) is 5.02 Å². The molecule has 1 aromatic carbocycles. The minimum Gasteiger partial charge on any atom is -0.385 e. The molecule has 0 aliphatic carbocycles. The molecule has 0 radical (unpaired) electrons. The molecule has 72 valence electrons. The Morgan fingerprint density at radius 2 is 2.08 bits per heavy atom. The van der Waals surface area contributed by atoms with E-state index >= 15 is 0 Å². The standard InChI is InChI=1S/C10H12ClFO/c1-3-10(2,13)7-4-8(11)6-9(12)5-7/h4-6,13H,3H2,1-2H3. The van der Waals surface area contributed by atoms with Crippen molar-refractivity contribution >= 4 is 11.6 Å². The van der Waals surface area contributed by atoms with Crippen LogP contribution in [0.4, 0.5) is 4.39 Å². The van der Waals surface area contributed by atoms with E-state index in [1.165, 1.54) is 12.1 Å². The van der Waals surface area contributed by atoms with E-state index < -0.39 is 11.4 Å². The molecular weight excluding hydrogens is 191 g/mol. The van der Waals surface area contributed by atoms with Gasteiger partial charge in [0.25, 0.3) is 0 Å². The summed E-state index contributed by atoms with van der Waals surface area (Å²) in [7, 11) is 0. The van der Waals surface area contributed by atoms with Gasteiger partial charge in [0.2, 0.25) is 0 Å². The first-order valence-corrected chi connectivity index (χ1v) is 4.52. The maximum atomic E-state index is 12.9. The number of rotatable bonds is 2. The van der Waals surface area contributed by atoms with Gasteiger partial charge in [-0.2, -0.15) is 0 Å². The average Bonchev–Trinajstić information content (AvgIpc) is 2.02. The number of hydrogen-bond acceptors (Lipinski definition) is 1. The van der Waals surface area contributed by atoms with Gasteiger partial charge in [0.1, 0.15) is 5.82 Å². The van der Waals surface area contributed by atoms with Crippen LogP contribution in [0.3, 0.4) is 0 Å². The summed E-state index contributed by atoms with van der Waals surface area (Å²) in [5.74, 6) is -0.420. The second-order valence-electron chi connectivity index (χ2n) is 3.29. The van der Waals surface area contributed by atoms with Crippen molar-refractivity contribution < 1.29 is 9.50 Å². The van der Waals surface area contributed by atoms with Gasteiger partial charge in [0.15, 0.2) is 0 Å². The van der Waals surface area contributed by atoms with Crippen LogP contribution in [0.5, 0.6) is 0 Å². The largest absolute Gasteiger partial charge is 0.385 e. The van der Waals surface area contributed by atoms with Crippen molar-refractivity contribution in [2.45, 2.75) is 25.9 Å². The quantitative estimate of drug-likeness (QED) is 0.782. The summed E-state index contributed by atoms with van der Waals surface area (Å²) in [5.41, 5.74) is -0.494. The van der Waals surface area contributed by atoms with Gasteiger partial charge >= 0.3 is 0 Å². The normalized spacial score (nSPS) is 15.5. The molecule has 3 heteroatoms. The van der Waals surface area contributed by atoms with Gasteiger partial charge in [-0.15, -0.1) is 0 Å². The molecule has 0 aliphatic heterocycles. The topological polar surface area (TPSA) is 20.2 Å². The molecule has 0 saturated carbocycles. The summed E-state index contributed by atoms with van der Waals surface area (Å²) in [5, 5.41) is 10.1. The maximum Gasteiger partial charge on any atom is 0.125 e. The van der Waals surface area contributed by atoms with Gasteiger partial charge in [-0.1, -0.05) is 18.5 Å². The van der Waals surface area contributed by atoms with E-state index in [9.17, 15) is 9.50 Å². The Balaban J connectivity index is 3.15. The predicted octanol–water partition coefficient (Wildman–Crippen LogP) is 3.10. The van der Waals surface area contributed by atoms with Gasteiger partial charge in [-0.05, 0) is 37.1 Å². The number of hydrogen-bond donors (Lipinski definition) is 1. The lowest BCUT2D eigenvalue weighted by Crippen LogP contribution is -2.19. The van der Waals surface area contributed by atoms with Crippen LogP contribution < -0.4 is 0 Å². The Kier molecular flexibility index (Phi) is 2.94. The first-order valence-electron chi connectivity index (χ1n) is 4.14. The number of halogens is 2. The summed E-state index contributed by atoms with van der Waals surface area (Å²) in [6.07, 6.45) is 0.521. The zero-order chi connectivity index (χ0) is 10.1. The maximum absolute atomic E-state index is 12.9. The molecule has 0 aliphatic rings. The third-order valence-corrected chi connectivity index (χ3v) is 2.39. The van der Waals surface area contributed by atoms with Gasteiger partial charge in [-0.3, -0.25) is 0 Å². The third-order valence-electron chi connectivity index (χ3n) is 2.17. The summed E-state index contributed by atoms with van der Waals surface area (Å²) in [6, 6.07) is 4.10. The highest BCUT2D eigenvalue weighted by atomic mass is 35.5. The van der Waals surface area contributed by atoms with Gasteiger partial charge in [0, 0.05) is 5.02 Å². The fourth-order valence-corrected chi connectivity index (χ4v) is 1.29. The number of aliphatic hydroxyl groups is 1. The second kappa shape index (κ2) is 3.64. The Bertz CT molecular complexity index is 290. The van der Waals surface area contributed by atoms with Crippen molar-refractivity contribution in [2.24, 2.45) is 0 Å². The molecule has 1 atom stereocenters. The van der Waals surface area contributed by atoms with Crippen molar-refractivity contribution in [3.05, 3.63) is 34.6 Å². The van der Waals surface area contributed by atoms with Crippen LogP contribution in [0, 0.1) is 5.82 Å². The third kappa shape index (κ3) is 2.42. The SMILES string of the molecule is CCC(C)(O)c1cc(F)cc(Cl)c1. The molecule has 1 unspecified atom stereocenters. The lowest BCUT2D eigenvalue weighted by molar-refractivity contribution is 0.0528. The zero-order valence-corrected chi connectivity index (χ0v) is 8.40. The first kappa shape index (κ1) is 10.5. The van der Waals surface area contributed by atoms with Crippen LogP contribution in [-0.2, 0) is 5.60 Å². The van der Waals surface area contributed by atoms with Crippen LogP contribution in [0.15, 0.2) is 18.2 Å². The van der Waals surface area contributed by atoms with E-state index in [4.69, 9.17) is 11.6 Å². The summed E-state index contributed by atoms with van der Waals surface area (Å²) >= 11 is 5.66.